The Labute approximate surface area is 160 Å². The molecule has 6 heteroatoms. The zero-order chi connectivity index (χ0) is 19.7. The van der Waals surface area contributed by atoms with E-state index in [2.05, 4.69) is 16.0 Å². The highest BCUT2D eigenvalue weighted by Gasteiger charge is 2.21. The summed E-state index contributed by atoms with van der Waals surface area (Å²) in [5, 5.41) is 8.72. The average molecular weight is 369 g/mol. The van der Waals surface area contributed by atoms with E-state index in [0.717, 1.165) is 11.4 Å². The smallest absolute Gasteiger partial charge is 0.239 e. The Morgan fingerprint density at radius 3 is 2.37 bits per heavy atom. The maximum atomic E-state index is 12.1. The van der Waals surface area contributed by atoms with Crippen LogP contribution in [0.1, 0.15) is 20.8 Å². The summed E-state index contributed by atoms with van der Waals surface area (Å²) in [6.45, 7) is 6.55. The summed E-state index contributed by atoms with van der Waals surface area (Å²) in [5.41, 5.74) is 0.986. The molecule has 6 nitrogen and oxygen atoms in total. The Morgan fingerprint density at radius 2 is 1.67 bits per heavy atom. The molecule has 2 aromatic rings. The number of anilines is 2. The maximum absolute atomic E-state index is 12.1. The fourth-order valence-electron chi connectivity index (χ4n) is 2.15. The molecule has 2 aromatic carbocycles. The van der Waals surface area contributed by atoms with Crippen molar-refractivity contribution in [1.29, 1.82) is 0 Å². The number of amides is 2. The first kappa shape index (κ1) is 20.3. The third-order valence-electron chi connectivity index (χ3n) is 3.69. The van der Waals surface area contributed by atoms with E-state index in [1.807, 2.05) is 69.3 Å². The number of benzene rings is 2. The lowest BCUT2D eigenvalue weighted by molar-refractivity contribution is -0.123. The minimum atomic E-state index is -0.467. The van der Waals surface area contributed by atoms with Crippen LogP contribution in [0.2, 0.25) is 0 Å². The Bertz CT molecular complexity index is 755. The van der Waals surface area contributed by atoms with Crippen LogP contribution in [0, 0.1) is 5.41 Å². The molecular formula is C21H27N3O3. The van der Waals surface area contributed by atoms with Crippen molar-refractivity contribution in [3.05, 3.63) is 54.6 Å². The van der Waals surface area contributed by atoms with Gasteiger partial charge in [0.25, 0.3) is 0 Å². The molecule has 0 aliphatic carbocycles. The molecule has 0 unspecified atom stereocenters. The zero-order valence-electron chi connectivity index (χ0n) is 16.0. The van der Waals surface area contributed by atoms with Gasteiger partial charge in [0.05, 0.1) is 13.1 Å². The first-order chi connectivity index (χ1) is 12.8. The van der Waals surface area contributed by atoms with Gasteiger partial charge < -0.3 is 20.7 Å². The lowest BCUT2D eigenvalue weighted by Gasteiger charge is -2.18. The lowest BCUT2D eigenvalue weighted by Crippen LogP contribution is -2.33. The predicted octanol–water partition coefficient (Wildman–Crippen LogP) is 3.28. The number of ether oxygens (including phenoxy) is 1. The number of para-hydroxylation sites is 1. The summed E-state index contributed by atoms with van der Waals surface area (Å²) in [5.74, 6) is 0.589. The van der Waals surface area contributed by atoms with Gasteiger partial charge in [0.2, 0.25) is 11.8 Å². The molecule has 0 saturated heterocycles. The van der Waals surface area contributed by atoms with E-state index < -0.39 is 5.41 Å². The highest BCUT2D eigenvalue weighted by atomic mass is 16.5. The zero-order valence-corrected chi connectivity index (χ0v) is 16.0. The third kappa shape index (κ3) is 7.40. The first-order valence-corrected chi connectivity index (χ1v) is 8.94. The van der Waals surface area contributed by atoms with E-state index in [-0.39, 0.29) is 18.4 Å². The SMILES string of the molecule is CC(C)(C)C(=O)Nc1cccc(NCC(=O)NCCOc2ccccc2)c1. The molecule has 0 aromatic heterocycles. The third-order valence-corrected chi connectivity index (χ3v) is 3.69. The quantitative estimate of drug-likeness (QED) is 0.624. The number of carbonyl (C=O) groups excluding carboxylic acids is 2. The van der Waals surface area contributed by atoms with Crippen LogP contribution >= 0.6 is 0 Å². The van der Waals surface area contributed by atoms with Gasteiger partial charge in [-0.25, -0.2) is 0 Å². The maximum Gasteiger partial charge on any atom is 0.239 e. The summed E-state index contributed by atoms with van der Waals surface area (Å²) in [6.07, 6.45) is 0. The highest BCUT2D eigenvalue weighted by Crippen LogP contribution is 2.19. The minimum Gasteiger partial charge on any atom is -0.492 e. The molecule has 27 heavy (non-hydrogen) atoms. The average Bonchev–Trinajstić information content (AvgIpc) is 2.64. The van der Waals surface area contributed by atoms with Crippen molar-refractivity contribution in [3.63, 3.8) is 0 Å². The van der Waals surface area contributed by atoms with Crippen molar-refractivity contribution >= 4 is 23.2 Å². The molecule has 2 rings (SSSR count). The van der Waals surface area contributed by atoms with Gasteiger partial charge in [-0.05, 0) is 30.3 Å². The monoisotopic (exact) mass is 369 g/mol. The Hall–Kier alpha value is -3.02. The molecule has 0 spiro atoms. The van der Waals surface area contributed by atoms with Gasteiger partial charge in [-0.1, -0.05) is 45.0 Å². The van der Waals surface area contributed by atoms with Crippen LogP contribution in [0.5, 0.6) is 5.75 Å². The van der Waals surface area contributed by atoms with Gasteiger partial charge >= 0.3 is 0 Å². The van der Waals surface area contributed by atoms with Crippen molar-refractivity contribution < 1.29 is 14.3 Å². The largest absolute Gasteiger partial charge is 0.492 e. The number of hydrogen-bond acceptors (Lipinski definition) is 4. The standard InChI is InChI=1S/C21H27N3O3/c1-21(2,3)20(26)24-17-9-7-8-16(14-17)23-15-19(25)22-12-13-27-18-10-5-4-6-11-18/h4-11,14,23H,12-13,15H2,1-3H3,(H,22,25)(H,24,26). The van der Waals surface area contributed by atoms with Crippen molar-refractivity contribution in [1.82, 2.24) is 5.32 Å². The first-order valence-electron chi connectivity index (χ1n) is 8.94. The number of rotatable bonds is 8. The molecule has 0 aliphatic rings. The van der Waals surface area contributed by atoms with Crippen LogP contribution in [0.4, 0.5) is 11.4 Å². The van der Waals surface area contributed by atoms with Gasteiger partial charge in [-0.3, -0.25) is 9.59 Å². The number of carbonyl (C=O) groups is 2. The fraction of sp³-hybridized carbons (Fsp3) is 0.333. The van der Waals surface area contributed by atoms with Gasteiger partial charge in [0, 0.05) is 16.8 Å². The van der Waals surface area contributed by atoms with Gasteiger partial charge in [-0.15, -0.1) is 0 Å². The van der Waals surface area contributed by atoms with E-state index in [0.29, 0.717) is 18.8 Å². The molecule has 0 radical (unpaired) electrons. The predicted molar refractivity (Wildman–Crippen MR) is 108 cm³/mol. The van der Waals surface area contributed by atoms with Crippen molar-refractivity contribution in [2.45, 2.75) is 20.8 Å². The molecule has 2 amide bonds. The van der Waals surface area contributed by atoms with Crippen molar-refractivity contribution in [2.24, 2.45) is 5.41 Å². The van der Waals surface area contributed by atoms with Crippen LogP contribution < -0.4 is 20.7 Å². The second kappa shape index (κ2) is 9.62. The van der Waals surface area contributed by atoms with Gasteiger partial charge in [-0.2, -0.15) is 0 Å². The molecule has 0 atom stereocenters. The number of nitrogens with one attached hydrogen (secondary N) is 3. The molecule has 0 bridgehead atoms. The molecule has 0 aliphatic heterocycles. The van der Waals surface area contributed by atoms with E-state index in [9.17, 15) is 9.59 Å². The van der Waals surface area contributed by atoms with Crippen molar-refractivity contribution in [3.8, 4) is 5.75 Å². The summed E-state index contributed by atoms with van der Waals surface area (Å²) >= 11 is 0. The topological polar surface area (TPSA) is 79.5 Å². The van der Waals surface area contributed by atoms with Gasteiger partial charge in [0.15, 0.2) is 0 Å². The summed E-state index contributed by atoms with van der Waals surface area (Å²) in [6, 6.07) is 16.7. The van der Waals surface area contributed by atoms with E-state index in [4.69, 9.17) is 4.74 Å². The van der Waals surface area contributed by atoms with E-state index >= 15 is 0 Å². The van der Waals surface area contributed by atoms with Crippen LogP contribution in [0.3, 0.4) is 0 Å². The van der Waals surface area contributed by atoms with Crippen LogP contribution in [-0.2, 0) is 9.59 Å². The summed E-state index contributed by atoms with van der Waals surface area (Å²) in [7, 11) is 0. The second-order valence-corrected chi connectivity index (χ2v) is 7.15. The summed E-state index contributed by atoms with van der Waals surface area (Å²) < 4.78 is 5.52. The number of hydrogen-bond donors (Lipinski definition) is 3. The van der Waals surface area contributed by atoms with Crippen molar-refractivity contribution in [2.75, 3.05) is 30.3 Å². The molecule has 0 fully saturated rings. The molecule has 3 N–H and O–H groups in total. The molecule has 144 valence electrons. The second-order valence-electron chi connectivity index (χ2n) is 7.15. The van der Waals surface area contributed by atoms with Crippen LogP contribution in [0.15, 0.2) is 54.6 Å². The molecule has 0 saturated carbocycles. The van der Waals surface area contributed by atoms with Crippen LogP contribution in [0.25, 0.3) is 0 Å². The normalized spacial score (nSPS) is 10.8. The minimum absolute atomic E-state index is 0.0594. The van der Waals surface area contributed by atoms with E-state index in [1.165, 1.54) is 0 Å². The molecular weight excluding hydrogens is 342 g/mol. The molecule has 0 heterocycles. The fourth-order valence-corrected chi connectivity index (χ4v) is 2.15. The Morgan fingerprint density at radius 1 is 0.963 bits per heavy atom. The van der Waals surface area contributed by atoms with Gasteiger partial charge in [0.1, 0.15) is 12.4 Å². The van der Waals surface area contributed by atoms with E-state index in [1.54, 1.807) is 6.07 Å². The Kier molecular flexibility index (Phi) is 7.23. The highest BCUT2D eigenvalue weighted by molar-refractivity contribution is 5.95. The van der Waals surface area contributed by atoms with Crippen LogP contribution in [-0.4, -0.2) is 31.5 Å². The lowest BCUT2D eigenvalue weighted by atomic mass is 9.95. The Balaban J connectivity index is 1.71. The summed E-state index contributed by atoms with van der Waals surface area (Å²) in [4.78, 5) is 24.0.